The zero-order valence-electron chi connectivity index (χ0n) is 9.75. The lowest BCUT2D eigenvalue weighted by atomic mass is 10.4. The van der Waals surface area contributed by atoms with E-state index in [1.807, 2.05) is 0 Å². The van der Waals surface area contributed by atoms with E-state index in [9.17, 15) is 0 Å². The van der Waals surface area contributed by atoms with E-state index in [-0.39, 0.29) is 0 Å². The molecule has 0 radical (unpaired) electrons. The molecule has 14 heavy (non-hydrogen) atoms. The summed E-state index contributed by atoms with van der Waals surface area (Å²) in [5, 5.41) is 3.28. The van der Waals surface area contributed by atoms with Gasteiger partial charge in [0, 0.05) is 19.1 Å². The molecule has 1 aliphatic carbocycles. The molecule has 1 rings (SSSR count). The zero-order chi connectivity index (χ0) is 10.4. The maximum atomic E-state index is 5.69. The van der Waals surface area contributed by atoms with Crippen LogP contribution in [0.4, 0.5) is 0 Å². The predicted octanol–water partition coefficient (Wildman–Crippen LogP) is 1.10. The van der Waals surface area contributed by atoms with Crippen LogP contribution in [0.5, 0.6) is 0 Å². The molecule has 84 valence electrons. The first kappa shape index (κ1) is 12.0. The van der Waals surface area contributed by atoms with Crippen LogP contribution in [0.3, 0.4) is 0 Å². The van der Waals surface area contributed by atoms with E-state index in [4.69, 9.17) is 4.74 Å². The largest absolute Gasteiger partial charge is 0.376 e. The Hall–Kier alpha value is -0.120. The Kier molecular flexibility index (Phi) is 5.45. The average molecular weight is 200 g/mol. The van der Waals surface area contributed by atoms with Gasteiger partial charge in [-0.3, -0.25) is 0 Å². The van der Waals surface area contributed by atoms with E-state index < -0.39 is 0 Å². The van der Waals surface area contributed by atoms with Gasteiger partial charge in [-0.25, -0.2) is 0 Å². The molecule has 1 fully saturated rings. The zero-order valence-corrected chi connectivity index (χ0v) is 9.75. The molecule has 0 aromatic rings. The van der Waals surface area contributed by atoms with Crippen molar-refractivity contribution in [3.05, 3.63) is 0 Å². The van der Waals surface area contributed by atoms with Gasteiger partial charge in [-0.05, 0) is 33.4 Å². The lowest BCUT2D eigenvalue weighted by molar-refractivity contribution is 0.0518. The van der Waals surface area contributed by atoms with Gasteiger partial charge in [0.15, 0.2) is 0 Å². The summed E-state index contributed by atoms with van der Waals surface area (Å²) < 4.78 is 5.69. The Balaban J connectivity index is 1.91. The highest BCUT2D eigenvalue weighted by Crippen LogP contribution is 2.24. The van der Waals surface area contributed by atoms with Crippen molar-refractivity contribution in [2.45, 2.75) is 38.8 Å². The summed E-state index contributed by atoms with van der Waals surface area (Å²) in [6, 6.07) is 0.850. The van der Waals surface area contributed by atoms with E-state index in [2.05, 4.69) is 31.1 Å². The fraction of sp³-hybridized carbons (Fsp3) is 1.00. The molecule has 1 N–H and O–H groups in total. The first-order valence-electron chi connectivity index (χ1n) is 5.76. The van der Waals surface area contributed by atoms with Crippen molar-refractivity contribution in [3.63, 3.8) is 0 Å². The maximum absolute atomic E-state index is 5.69. The van der Waals surface area contributed by atoms with Crippen molar-refractivity contribution in [2.75, 3.05) is 33.3 Å². The molecule has 1 unspecified atom stereocenters. The van der Waals surface area contributed by atoms with E-state index >= 15 is 0 Å². The summed E-state index contributed by atoms with van der Waals surface area (Å²) in [6.45, 7) is 8.16. The monoisotopic (exact) mass is 200 g/mol. The molecule has 0 saturated heterocycles. The van der Waals surface area contributed by atoms with Crippen molar-refractivity contribution in [2.24, 2.45) is 0 Å². The van der Waals surface area contributed by atoms with Crippen LogP contribution in [0.1, 0.15) is 26.7 Å². The first-order valence-corrected chi connectivity index (χ1v) is 5.76. The van der Waals surface area contributed by atoms with Gasteiger partial charge in [0.1, 0.15) is 0 Å². The number of rotatable bonds is 8. The minimum atomic E-state index is 0.336. The summed E-state index contributed by atoms with van der Waals surface area (Å²) >= 11 is 0. The molecule has 0 amide bonds. The highest BCUT2D eigenvalue weighted by atomic mass is 16.5. The quantitative estimate of drug-likeness (QED) is 0.635. The van der Waals surface area contributed by atoms with Gasteiger partial charge in [0.2, 0.25) is 0 Å². The highest BCUT2D eigenvalue weighted by molar-refractivity contribution is 4.82. The third kappa shape index (κ3) is 4.94. The van der Waals surface area contributed by atoms with E-state index in [0.29, 0.717) is 6.10 Å². The summed E-state index contributed by atoms with van der Waals surface area (Å²) in [5.41, 5.74) is 0. The smallest absolute Gasteiger partial charge is 0.0672 e. The van der Waals surface area contributed by atoms with Crippen LogP contribution in [-0.4, -0.2) is 50.3 Å². The number of hydrogen-bond donors (Lipinski definition) is 1. The molecule has 1 atom stereocenters. The Morgan fingerprint density at radius 1 is 1.50 bits per heavy atom. The Morgan fingerprint density at radius 3 is 2.79 bits per heavy atom. The fourth-order valence-electron chi connectivity index (χ4n) is 1.50. The van der Waals surface area contributed by atoms with Gasteiger partial charge in [0.05, 0.1) is 12.7 Å². The number of hydrogen-bond acceptors (Lipinski definition) is 3. The molecule has 3 heteroatoms. The summed E-state index contributed by atoms with van der Waals surface area (Å²) in [6.07, 6.45) is 3.09. The second-order valence-corrected chi connectivity index (χ2v) is 4.20. The van der Waals surface area contributed by atoms with Crippen molar-refractivity contribution in [1.82, 2.24) is 10.2 Å². The standard InChI is InChI=1S/C11H24N2O/c1-4-12-9-10(2)14-8-7-13(3)11-5-6-11/h10-12H,4-9H2,1-3H3. The van der Waals surface area contributed by atoms with Crippen molar-refractivity contribution >= 4 is 0 Å². The molecular formula is C11H24N2O. The number of nitrogens with zero attached hydrogens (tertiary/aromatic N) is 1. The second-order valence-electron chi connectivity index (χ2n) is 4.20. The molecule has 1 aliphatic rings. The Bertz CT molecular complexity index is 148. The van der Waals surface area contributed by atoms with Crippen LogP contribution in [0.15, 0.2) is 0 Å². The van der Waals surface area contributed by atoms with Crippen molar-refractivity contribution < 1.29 is 4.74 Å². The lowest BCUT2D eigenvalue weighted by Crippen LogP contribution is -2.30. The molecule has 0 heterocycles. The van der Waals surface area contributed by atoms with Gasteiger partial charge in [-0.2, -0.15) is 0 Å². The molecule has 3 nitrogen and oxygen atoms in total. The molecule has 0 spiro atoms. The first-order chi connectivity index (χ1) is 6.74. The van der Waals surface area contributed by atoms with E-state index in [1.165, 1.54) is 12.8 Å². The van der Waals surface area contributed by atoms with Gasteiger partial charge >= 0.3 is 0 Å². The third-order valence-electron chi connectivity index (χ3n) is 2.70. The van der Waals surface area contributed by atoms with Gasteiger partial charge in [0.25, 0.3) is 0 Å². The van der Waals surface area contributed by atoms with Gasteiger partial charge < -0.3 is 15.0 Å². The van der Waals surface area contributed by atoms with Crippen LogP contribution in [-0.2, 0) is 4.74 Å². The van der Waals surface area contributed by atoms with Crippen LogP contribution in [0.2, 0.25) is 0 Å². The van der Waals surface area contributed by atoms with Gasteiger partial charge in [-0.15, -0.1) is 0 Å². The summed E-state index contributed by atoms with van der Waals surface area (Å²) in [5.74, 6) is 0. The Morgan fingerprint density at radius 2 is 2.21 bits per heavy atom. The number of ether oxygens (including phenoxy) is 1. The van der Waals surface area contributed by atoms with Gasteiger partial charge in [-0.1, -0.05) is 6.92 Å². The second kappa shape index (κ2) is 6.38. The molecular weight excluding hydrogens is 176 g/mol. The summed E-state index contributed by atoms with van der Waals surface area (Å²) in [4.78, 5) is 2.40. The van der Waals surface area contributed by atoms with Crippen LogP contribution in [0, 0.1) is 0 Å². The van der Waals surface area contributed by atoms with E-state index in [1.54, 1.807) is 0 Å². The normalized spacial score (nSPS) is 18.9. The van der Waals surface area contributed by atoms with E-state index in [0.717, 1.165) is 32.3 Å². The van der Waals surface area contributed by atoms with Crippen molar-refractivity contribution in [3.8, 4) is 0 Å². The SMILES string of the molecule is CCNCC(C)OCCN(C)C1CC1. The number of nitrogens with one attached hydrogen (secondary N) is 1. The minimum Gasteiger partial charge on any atom is -0.376 e. The predicted molar refractivity (Wildman–Crippen MR) is 59.6 cm³/mol. The van der Waals surface area contributed by atoms with Crippen molar-refractivity contribution in [1.29, 1.82) is 0 Å². The highest BCUT2D eigenvalue weighted by Gasteiger charge is 2.25. The molecule has 0 aromatic carbocycles. The number of likely N-dealkylation sites (N-methyl/N-ethyl adjacent to an activating group) is 2. The lowest BCUT2D eigenvalue weighted by Gasteiger charge is -2.18. The average Bonchev–Trinajstić information content (AvgIpc) is 2.97. The maximum Gasteiger partial charge on any atom is 0.0672 e. The summed E-state index contributed by atoms with van der Waals surface area (Å²) in [7, 11) is 2.19. The molecule has 0 aromatic heterocycles. The molecule has 1 saturated carbocycles. The molecule has 0 bridgehead atoms. The minimum absolute atomic E-state index is 0.336. The molecule has 0 aliphatic heterocycles. The fourth-order valence-corrected chi connectivity index (χ4v) is 1.50. The Labute approximate surface area is 87.8 Å². The van der Waals surface area contributed by atoms with Crippen LogP contribution < -0.4 is 5.32 Å². The topological polar surface area (TPSA) is 24.5 Å². The third-order valence-corrected chi connectivity index (χ3v) is 2.70. The van der Waals surface area contributed by atoms with Crippen LogP contribution in [0.25, 0.3) is 0 Å². The van der Waals surface area contributed by atoms with Crippen LogP contribution >= 0.6 is 0 Å².